The van der Waals surface area contributed by atoms with Crippen molar-refractivity contribution in [3.8, 4) is 0 Å². The number of benzene rings is 1. The van der Waals surface area contributed by atoms with Gasteiger partial charge < -0.3 is 10.6 Å². The fourth-order valence-corrected chi connectivity index (χ4v) is 1.91. The van der Waals surface area contributed by atoms with Crippen LogP contribution in [0.25, 0.3) is 0 Å². The molecule has 1 aromatic carbocycles. The maximum Gasteiger partial charge on any atom is 0.224 e. The lowest BCUT2D eigenvalue weighted by atomic mass is 10.2. The monoisotopic (exact) mass is 312 g/mol. The zero-order chi connectivity index (χ0) is 15.4. The number of hydrogen-bond donors (Lipinski definition) is 2. The van der Waals surface area contributed by atoms with Gasteiger partial charge in [0.1, 0.15) is 11.6 Å². The molecule has 112 valence electrons. The number of aryl methyl sites for hydroxylation is 1. The largest absolute Gasteiger partial charge is 0.354 e. The number of rotatable bonds is 5. The third kappa shape index (κ3) is 3.78. The minimum Gasteiger partial charge on any atom is -0.354 e. The van der Waals surface area contributed by atoms with Gasteiger partial charge in [0, 0.05) is 24.4 Å². The molecule has 0 atom stereocenters. The molecule has 0 aliphatic carbocycles. The molecular formula is C14H15ClF2N4. The van der Waals surface area contributed by atoms with E-state index in [2.05, 4.69) is 20.6 Å². The van der Waals surface area contributed by atoms with Crippen LogP contribution in [0.15, 0.2) is 18.3 Å². The van der Waals surface area contributed by atoms with Gasteiger partial charge in [0.25, 0.3) is 0 Å². The van der Waals surface area contributed by atoms with Crippen molar-refractivity contribution in [2.24, 2.45) is 0 Å². The van der Waals surface area contributed by atoms with Crippen LogP contribution < -0.4 is 10.6 Å². The minimum absolute atomic E-state index is 0.0127. The van der Waals surface area contributed by atoms with E-state index in [4.69, 9.17) is 11.6 Å². The second-order valence-electron chi connectivity index (χ2n) is 4.52. The van der Waals surface area contributed by atoms with Crippen LogP contribution in [0.3, 0.4) is 0 Å². The van der Waals surface area contributed by atoms with Gasteiger partial charge in [-0.3, -0.25) is 0 Å². The molecule has 2 N–H and O–H groups in total. The molecule has 21 heavy (non-hydrogen) atoms. The molecule has 0 amide bonds. The summed E-state index contributed by atoms with van der Waals surface area (Å²) in [7, 11) is 0. The van der Waals surface area contributed by atoms with Gasteiger partial charge in [0.05, 0.1) is 10.7 Å². The molecule has 0 aliphatic heterocycles. The van der Waals surface area contributed by atoms with Crippen LogP contribution in [-0.4, -0.2) is 16.5 Å². The molecule has 0 bridgehead atoms. The minimum atomic E-state index is -0.777. The van der Waals surface area contributed by atoms with Gasteiger partial charge in [-0.2, -0.15) is 4.98 Å². The average molecular weight is 313 g/mol. The maximum atomic E-state index is 13.8. The Bertz CT molecular complexity index is 626. The highest BCUT2D eigenvalue weighted by Crippen LogP contribution is 2.30. The lowest BCUT2D eigenvalue weighted by molar-refractivity contribution is 0.586. The third-order valence-corrected chi connectivity index (χ3v) is 3.05. The smallest absolute Gasteiger partial charge is 0.224 e. The average Bonchev–Trinajstić information content (AvgIpc) is 2.43. The first-order valence-corrected chi connectivity index (χ1v) is 6.88. The highest BCUT2D eigenvalue weighted by Gasteiger charge is 2.12. The molecule has 0 spiro atoms. The van der Waals surface area contributed by atoms with E-state index < -0.39 is 11.6 Å². The molecule has 0 radical (unpaired) electrons. The lowest BCUT2D eigenvalue weighted by Crippen LogP contribution is -2.07. The van der Waals surface area contributed by atoms with Crippen molar-refractivity contribution in [3.63, 3.8) is 0 Å². The number of halogens is 3. The maximum absolute atomic E-state index is 13.8. The molecule has 4 nitrogen and oxygen atoms in total. The second kappa shape index (κ2) is 6.67. The van der Waals surface area contributed by atoms with Crippen LogP contribution >= 0.6 is 11.6 Å². The quantitative estimate of drug-likeness (QED) is 0.865. The fourth-order valence-electron chi connectivity index (χ4n) is 1.67. The van der Waals surface area contributed by atoms with Crippen molar-refractivity contribution in [2.45, 2.75) is 20.3 Å². The Morgan fingerprint density at radius 3 is 2.71 bits per heavy atom. The van der Waals surface area contributed by atoms with Gasteiger partial charge in [-0.1, -0.05) is 18.5 Å². The van der Waals surface area contributed by atoms with E-state index in [-0.39, 0.29) is 10.7 Å². The molecular weight excluding hydrogens is 298 g/mol. The van der Waals surface area contributed by atoms with Gasteiger partial charge >= 0.3 is 0 Å². The molecule has 1 aromatic heterocycles. The summed E-state index contributed by atoms with van der Waals surface area (Å²) >= 11 is 5.86. The Morgan fingerprint density at radius 1 is 1.29 bits per heavy atom. The van der Waals surface area contributed by atoms with E-state index in [0.717, 1.165) is 30.7 Å². The first kappa shape index (κ1) is 15.4. The van der Waals surface area contributed by atoms with Crippen LogP contribution in [0.5, 0.6) is 0 Å². The Kier molecular flexibility index (Phi) is 4.90. The van der Waals surface area contributed by atoms with Gasteiger partial charge in [-0.05, 0) is 19.4 Å². The molecule has 1 heterocycles. The Hall–Kier alpha value is -1.95. The van der Waals surface area contributed by atoms with Crippen LogP contribution in [0.4, 0.5) is 26.2 Å². The van der Waals surface area contributed by atoms with Gasteiger partial charge in [-0.15, -0.1) is 0 Å². The summed E-state index contributed by atoms with van der Waals surface area (Å²) in [5.41, 5.74) is 0.707. The summed E-state index contributed by atoms with van der Waals surface area (Å²) in [6, 6.07) is 1.81. The summed E-state index contributed by atoms with van der Waals surface area (Å²) in [4.78, 5) is 8.39. The van der Waals surface area contributed by atoms with Gasteiger partial charge in [-0.25, -0.2) is 13.8 Å². The zero-order valence-corrected chi connectivity index (χ0v) is 12.4. The molecule has 0 aliphatic rings. The Morgan fingerprint density at radius 2 is 2.05 bits per heavy atom. The van der Waals surface area contributed by atoms with Crippen molar-refractivity contribution in [1.82, 2.24) is 9.97 Å². The predicted octanol–water partition coefficient (Wildman–Crippen LogP) is 4.28. The van der Waals surface area contributed by atoms with E-state index in [1.807, 2.05) is 6.92 Å². The highest BCUT2D eigenvalue weighted by molar-refractivity contribution is 6.33. The van der Waals surface area contributed by atoms with Crippen molar-refractivity contribution in [3.05, 3.63) is 40.6 Å². The summed E-state index contributed by atoms with van der Waals surface area (Å²) in [6.07, 6.45) is 2.54. The molecule has 0 unspecified atom stereocenters. The first-order chi connectivity index (χ1) is 10.0. The van der Waals surface area contributed by atoms with E-state index in [1.165, 1.54) is 0 Å². The van der Waals surface area contributed by atoms with Crippen LogP contribution in [0, 0.1) is 18.6 Å². The topological polar surface area (TPSA) is 49.8 Å². The molecule has 0 saturated heterocycles. The standard InChI is InChI=1S/C14H15ClF2N4/c1-3-4-18-14-19-7-8(2)13(21-14)20-12-10(15)5-9(16)6-11(12)17/h5-7H,3-4H2,1-2H3,(H2,18,19,20,21). The predicted molar refractivity (Wildman–Crippen MR) is 80.2 cm³/mol. The number of aromatic nitrogens is 2. The molecule has 7 heteroatoms. The van der Waals surface area contributed by atoms with Crippen molar-refractivity contribution >= 4 is 29.1 Å². The summed E-state index contributed by atoms with van der Waals surface area (Å²) in [5.74, 6) is -0.659. The zero-order valence-electron chi connectivity index (χ0n) is 11.7. The van der Waals surface area contributed by atoms with Gasteiger partial charge in [0.15, 0.2) is 5.82 Å². The number of nitrogens with one attached hydrogen (secondary N) is 2. The highest BCUT2D eigenvalue weighted by atomic mass is 35.5. The van der Waals surface area contributed by atoms with E-state index >= 15 is 0 Å². The molecule has 2 rings (SSSR count). The van der Waals surface area contributed by atoms with Crippen molar-refractivity contribution in [1.29, 1.82) is 0 Å². The van der Waals surface area contributed by atoms with Crippen molar-refractivity contribution in [2.75, 3.05) is 17.2 Å². The van der Waals surface area contributed by atoms with E-state index in [9.17, 15) is 8.78 Å². The normalized spacial score (nSPS) is 10.5. The summed E-state index contributed by atoms with van der Waals surface area (Å²) in [5, 5.41) is 5.78. The fraction of sp³-hybridized carbons (Fsp3) is 0.286. The lowest BCUT2D eigenvalue weighted by Gasteiger charge is -2.12. The van der Waals surface area contributed by atoms with Crippen LogP contribution in [0.2, 0.25) is 5.02 Å². The number of anilines is 3. The number of hydrogen-bond acceptors (Lipinski definition) is 4. The second-order valence-corrected chi connectivity index (χ2v) is 4.93. The Labute approximate surface area is 126 Å². The molecule has 0 saturated carbocycles. The molecule has 2 aromatic rings. The number of nitrogens with zero attached hydrogens (tertiary/aromatic N) is 2. The Balaban J connectivity index is 2.31. The van der Waals surface area contributed by atoms with E-state index in [1.54, 1.807) is 13.1 Å². The molecule has 0 fully saturated rings. The first-order valence-electron chi connectivity index (χ1n) is 6.50. The third-order valence-electron chi connectivity index (χ3n) is 2.76. The SMILES string of the molecule is CCCNc1ncc(C)c(Nc2c(F)cc(F)cc2Cl)n1. The van der Waals surface area contributed by atoms with Crippen LogP contribution in [0.1, 0.15) is 18.9 Å². The van der Waals surface area contributed by atoms with Crippen LogP contribution in [-0.2, 0) is 0 Å². The van der Waals surface area contributed by atoms with Gasteiger partial charge in [0.2, 0.25) is 5.95 Å². The summed E-state index contributed by atoms with van der Waals surface area (Å²) < 4.78 is 26.8. The summed E-state index contributed by atoms with van der Waals surface area (Å²) in [6.45, 7) is 4.53. The van der Waals surface area contributed by atoms with E-state index in [0.29, 0.717) is 11.8 Å². The van der Waals surface area contributed by atoms with Crippen molar-refractivity contribution < 1.29 is 8.78 Å².